The number of carbonyl (C=O) groups excluding carboxylic acids is 1. The quantitative estimate of drug-likeness (QED) is 0.801. The van der Waals surface area contributed by atoms with E-state index >= 15 is 0 Å². The standard InChI is InChI=1S/C19H21N6OP/c1-13-10-24-12-15(22-17(24)9-21-13)16-8-18(26)25-11-14(2-3-19(25)27-16)23-6-4-20-5-7-23/h2-3,8-12,19-20,27H,4-7H2,1H3. The molecule has 0 radical (unpaired) electrons. The molecule has 1 N–H and O–H groups in total. The molecule has 5 rings (SSSR count). The largest absolute Gasteiger partial charge is 0.368 e. The summed E-state index contributed by atoms with van der Waals surface area (Å²) < 4.78 is 1.97. The first-order valence-electron chi connectivity index (χ1n) is 9.15. The minimum Gasteiger partial charge on any atom is -0.368 e. The highest BCUT2D eigenvalue weighted by Gasteiger charge is 2.30. The molecule has 27 heavy (non-hydrogen) atoms. The highest BCUT2D eigenvalue weighted by molar-refractivity contribution is 7.51. The molecule has 138 valence electrons. The first-order valence-corrected chi connectivity index (χ1v) is 10.2. The van der Waals surface area contributed by atoms with Crippen molar-refractivity contribution in [1.29, 1.82) is 0 Å². The monoisotopic (exact) mass is 380 g/mol. The van der Waals surface area contributed by atoms with Gasteiger partial charge >= 0.3 is 0 Å². The lowest BCUT2D eigenvalue weighted by Gasteiger charge is -2.37. The third-order valence-electron chi connectivity index (χ3n) is 5.07. The molecule has 2 aromatic rings. The maximum atomic E-state index is 12.8. The molecule has 3 aliphatic heterocycles. The Morgan fingerprint density at radius 2 is 2.11 bits per heavy atom. The van der Waals surface area contributed by atoms with Crippen molar-refractivity contribution in [3.05, 3.63) is 60.1 Å². The van der Waals surface area contributed by atoms with Gasteiger partial charge in [0.1, 0.15) is 0 Å². The lowest BCUT2D eigenvalue weighted by atomic mass is 10.2. The number of hydrogen-bond donors (Lipinski definition) is 1. The zero-order chi connectivity index (χ0) is 18.4. The summed E-state index contributed by atoms with van der Waals surface area (Å²) in [5.74, 6) is 0.103. The Morgan fingerprint density at radius 3 is 2.96 bits per heavy atom. The molecule has 1 amide bonds. The fraction of sp³-hybridized carbons (Fsp3) is 0.316. The van der Waals surface area contributed by atoms with Gasteiger partial charge in [0.05, 0.1) is 29.1 Å². The molecule has 8 heteroatoms. The van der Waals surface area contributed by atoms with Gasteiger partial charge in [0, 0.05) is 56.2 Å². The molecule has 5 heterocycles. The van der Waals surface area contributed by atoms with Crippen LogP contribution >= 0.6 is 8.58 Å². The van der Waals surface area contributed by atoms with Crippen LogP contribution in [-0.4, -0.2) is 62.0 Å². The Bertz CT molecular complexity index is 1000. The summed E-state index contributed by atoms with van der Waals surface area (Å²) in [4.78, 5) is 25.9. The fourth-order valence-electron chi connectivity index (χ4n) is 3.65. The zero-order valence-electron chi connectivity index (χ0n) is 15.1. The number of nitrogens with zero attached hydrogens (tertiary/aromatic N) is 5. The molecule has 1 fully saturated rings. The third kappa shape index (κ3) is 3.07. The topological polar surface area (TPSA) is 65.8 Å². The van der Waals surface area contributed by atoms with E-state index in [4.69, 9.17) is 0 Å². The molecule has 0 aliphatic carbocycles. The molecule has 0 aromatic carbocycles. The van der Waals surface area contributed by atoms with E-state index in [1.807, 2.05) is 34.8 Å². The number of aromatic nitrogens is 3. The number of nitrogens with one attached hydrogen (secondary N) is 1. The normalized spacial score (nSPS) is 23.6. The average molecular weight is 380 g/mol. The van der Waals surface area contributed by atoms with Crippen LogP contribution in [0.1, 0.15) is 11.4 Å². The van der Waals surface area contributed by atoms with Crippen molar-refractivity contribution in [2.75, 3.05) is 26.2 Å². The number of allylic oxidation sites excluding steroid dienone is 1. The van der Waals surface area contributed by atoms with Crippen LogP contribution in [0.2, 0.25) is 0 Å². The molecule has 0 spiro atoms. The van der Waals surface area contributed by atoms with Gasteiger partial charge in [-0.3, -0.25) is 9.78 Å². The predicted octanol–water partition coefficient (Wildman–Crippen LogP) is 1.54. The van der Waals surface area contributed by atoms with Gasteiger partial charge < -0.3 is 19.5 Å². The Kier molecular flexibility index (Phi) is 4.06. The van der Waals surface area contributed by atoms with E-state index in [9.17, 15) is 4.79 Å². The SMILES string of the molecule is Cc1cn2cc(C3=CC(=O)N4C=C(N5CCNCC5)C=CC4P3)nc2cn1. The van der Waals surface area contributed by atoms with Crippen LogP contribution in [0, 0.1) is 6.92 Å². The van der Waals surface area contributed by atoms with Gasteiger partial charge in [-0.2, -0.15) is 0 Å². The van der Waals surface area contributed by atoms with Crippen molar-refractivity contribution in [2.45, 2.75) is 12.7 Å². The Morgan fingerprint density at radius 1 is 1.26 bits per heavy atom. The smallest absolute Gasteiger partial charge is 0.252 e. The fourth-order valence-corrected chi connectivity index (χ4v) is 4.98. The van der Waals surface area contributed by atoms with Gasteiger partial charge in [0.15, 0.2) is 5.65 Å². The van der Waals surface area contributed by atoms with E-state index in [1.165, 1.54) is 0 Å². The molecule has 3 aliphatic rings. The van der Waals surface area contributed by atoms with E-state index in [0.29, 0.717) is 8.58 Å². The Hall–Kier alpha value is -2.50. The average Bonchev–Trinajstić information content (AvgIpc) is 3.11. The minimum atomic E-state index is 0.0251. The minimum absolute atomic E-state index is 0.0251. The number of piperazine rings is 1. The van der Waals surface area contributed by atoms with Crippen molar-refractivity contribution in [3.63, 3.8) is 0 Å². The van der Waals surface area contributed by atoms with Crippen molar-refractivity contribution >= 4 is 25.4 Å². The van der Waals surface area contributed by atoms with E-state index < -0.39 is 0 Å². The molecule has 2 atom stereocenters. The van der Waals surface area contributed by atoms with Crippen molar-refractivity contribution in [3.8, 4) is 0 Å². The Labute approximate surface area is 159 Å². The van der Waals surface area contributed by atoms with Crippen LogP contribution in [0.4, 0.5) is 0 Å². The summed E-state index contributed by atoms with van der Waals surface area (Å²) in [6, 6.07) is 0. The van der Waals surface area contributed by atoms with Crippen LogP contribution in [0.5, 0.6) is 0 Å². The second-order valence-electron chi connectivity index (χ2n) is 6.96. The lowest BCUT2D eigenvalue weighted by molar-refractivity contribution is -0.123. The van der Waals surface area contributed by atoms with Gasteiger partial charge in [-0.05, 0) is 13.0 Å². The van der Waals surface area contributed by atoms with Crippen molar-refractivity contribution in [2.24, 2.45) is 0 Å². The second kappa shape index (κ2) is 6.59. The summed E-state index contributed by atoms with van der Waals surface area (Å²) in [6.45, 7) is 5.87. The van der Waals surface area contributed by atoms with Crippen LogP contribution in [-0.2, 0) is 4.79 Å². The molecular formula is C19H21N6OP. The van der Waals surface area contributed by atoms with Crippen LogP contribution < -0.4 is 5.32 Å². The van der Waals surface area contributed by atoms with Gasteiger partial charge in [-0.25, -0.2) is 4.98 Å². The maximum absolute atomic E-state index is 12.8. The van der Waals surface area contributed by atoms with Gasteiger partial charge in [0.2, 0.25) is 0 Å². The van der Waals surface area contributed by atoms with E-state index in [-0.39, 0.29) is 11.7 Å². The number of carbonyl (C=O) groups is 1. The van der Waals surface area contributed by atoms with E-state index in [2.05, 4.69) is 32.3 Å². The summed E-state index contributed by atoms with van der Waals surface area (Å²) in [6.07, 6.45) is 13.8. The molecule has 7 nitrogen and oxygen atoms in total. The van der Waals surface area contributed by atoms with Gasteiger partial charge in [0.25, 0.3) is 5.91 Å². The van der Waals surface area contributed by atoms with E-state index in [0.717, 1.165) is 54.2 Å². The Balaban J connectivity index is 1.43. The summed E-state index contributed by atoms with van der Waals surface area (Å²) >= 11 is 0. The number of imidazole rings is 1. The summed E-state index contributed by atoms with van der Waals surface area (Å²) in [5, 5.41) is 4.37. The molecule has 2 aromatic heterocycles. The molecule has 1 saturated heterocycles. The zero-order valence-corrected chi connectivity index (χ0v) is 16.1. The van der Waals surface area contributed by atoms with Gasteiger partial charge in [-0.15, -0.1) is 0 Å². The van der Waals surface area contributed by atoms with Crippen LogP contribution in [0.3, 0.4) is 0 Å². The highest BCUT2D eigenvalue weighted by Crippen LogP contribution is 2.44. The number of rotatable bonds is 2. The molecule has 2 unspecified atom stereocenters. The molecule has 0 bridgehead atoms. The van der Waals surface area contributed by atoms with Crippen molar-refractivity contribution in [1.82, 2.24) is 29.5 Å². The summed E-state index contributed by atoms with van der Waals surface area (Å²) in [7, 11) is 0.474. The number of amides is 1. The second-order valence-corrected chi connectivity index (χ2v) is 8.38. The summed E-state index contributed by atoms with van der Waals surface area (Å²) in [5.41, 5.74) is 3.72. The van der Waals surface area contributed by atoms with Crippen LogP contribution in [0.15, 0.2) is 48.7 Å². The highest BCUT2D eigenvalue weighted by atomic mass is 31.1. The molecular weight excluding hydrogens is 359 g/mol. The predicted molar refractivity (Wildman–Crippen MR) is 106 cm³/mol. The first kappa shape index (κ1) is 16.7. The number of aryl methyl sites for hydroxylation is 1. The number of fused-ring (bicyclic) bond motifs is 2. The van der Waals surface area contributed by atoms with Crippen LogP contribution in [0.25, 0.3) is 11.0 Å². The number of hydrogen-bond acceptors (Lipinski definition) is 5. The first-order chi connectivity index (χ1) is 13.2. The van der Waals surface area contributed by atoms with E-state index in [1.54, 1.807) is 12.3 Å². The molecule has 0 saturated carbocycles. The lowest BCUT2D eigenvalue weighted by Crippen LogP contribution is -2.44. The van der Waals surface area contributed by atoms with Crippen molar-refractivity contribution < 1.29 is 4.79 Å². The van der Waals surface area contributed by atoms with Gasteiger partial charge in [-0.1, -0.05) is 14.7 Å². The maximum Gasteiger partial charge on any atom is 0.252 e. The third-order valence-corrected chi connectivity index (χ3v) is 6.55.